The van der Waals surface area contributed by atoms with Gasteiger partial charge in [-0.05, 0) is 48.4 Å². The van der Waals surface area contributed by atoms with E-state index < -0.39 is 0 Å². The van der Waals surface area contributed by atoms with Gasteiger partial charge in [0.1, 0.15) is 5.75 Å². The largest absolute Gasteiger partial charge is 0.494 e. The number of hydrogen-bond donors (Lipinski definition) is 1. The quantitative estimate of drug-likeness (QED) is 0.675. The molecule has 25 heavy (non-hydrogen) atoms. The van der Waals surface area contributed by atoms with E-state index in [1.807, 2.05) is 24.3 Å². The first-order valence-corrected chi connectivity index (χ1v) is 8.62. The first-order valence-electron chi connectivity index (χ1n) is 7.87. The van der Waals surface area contributed by atoms with E-state index in [0.717, 1.165) is 17.7 Å². The molecule has 1 N–H and O–H groups in total. The smallest absolute Gasteiger partial charge is 0.259 e. The lowest BCUT2D eigenvalue weighted by atomic mass is 10.2. The Morgan fingerprint density at radius 1 is 1.24 bits per heavy atom. The predicted octanol–water partition coefficient (Wildman–Crippen LogP) is 5.10. The van der Waals surface area contributed by atoms with Crippen molar-refractivity contribution in [3.05, 3.63) is 69.2 Å². The molecule has 0 aliphatic carbocycles. The standard InChI is InChI=1S/C19H16Cl2N2O2/c1-2-9-25-14-6-3-12(4-7-14)10-16(21)18-22-17-8-5-13(20)11-15(17)19(24)23-18/h3-8,10-11H,2,9H2,1H3,(H,22,23,24)/b16-10-. The minimum atomic E-state index is -0.280. The number of ether oxygens (including phenoxy) is 1. The second kappa shape index (κ2) is 7.72. The number of benzene rings is 2. The van der Waals surface area contributed by atoms with Crippen LogP contribution in [-0.4, -0.2) is 16.6 Å². The first-order chi connectivity index (χ1) is 12.1. The summed E-state index contributed by atoms with van der Waals surface area (Å²) in [5.74, 6) is 1.12. The highest BCUT2D eigenvalue weighted by Crippen LogP contribution is 2.22. The van der Waals surface area contributed by atoms with Crippen LogP contribution in [0.4, 0.5) is 0 Å². The Morgan fingerprint density at radius 3 is 2.72 bits per heavy atom. The fourth-order valence-corrected chi connectivity index (χ4v) is 2.71. The van der Waals surface area contributed by atoms with Gasteiger partial charge in [-0.25, -0.2) is 4.98 Å². The van der Waals surface area contributed by atoms with Crippen LogP contribution in [0.15, 0.2) is 47.3 Å². The summed E-state index contributed by atoms with van der Waals surface area (Å²) >= 11 is 12.3. The van der Waals surface area contributed by atoms with Crippen molar-refractivity contribution in [1.29, 1.82) is 0 Å². The summed E-state index contributed by atoms with van der Waals surface area (Å²) in [6.45, 7) is 2.74. The maximum Gasteiger partial charge on any atom is 0.259 e. The van der Waals surface area contributed by atoms with Crippen molar-refractivity contribution in [1.82, 2.24) is 9.97 Å². The summed E-state index contributed by atoms with van der Waals surface area (Å²) in [6, 6.07) is 12.5. The van der Waals surface area contributed by atoms with Crippen LogP contribution in [0.2, 0.25) is 5.02 Å². The van der Waals surface area contributed by atoms with Gasteiger partial charge in [-0.2, -0.15) is 0 Å². The Labute approximate surface area is 155 Å². The van der Waals surface area contributed by atoms with E-state index in [0.29, 0.717) is 33.4 Å². The molecule has 0 aliphatic heterocycles. The van der Waals surface area contributed by atoms with Gasteiger partial charge in [-0.3, -0.25) is 4.79 Å². The van der Waals surface area contributed by atoms with Crippen molar-refractivity contribution in [3.8, 4) is 5.75 Å². The number of nitrogens with one attached hydrogen (secondary N) is 1. The zero-order chi connectivity index (χ0) is 17.8. The van der Waals surface area contributed by atoms with Crippen molar-refractivity contribution in [2.24, 2.45) is 0 Å². The van der Waals surface area contributed by atoms with Crippen molar-refractivity contribution >= 4 is 45.2 Å². The Bertz CT molecular complexity index is 979. The highest BCUT2D eigenvalue weighted by Gasteiger charge is 2.07. The summed E-state index contributed by atoms with van der Waals surface area (Å²) in [5, 5.41) is 1.26. The predicted molar refractivity (Wildman–Crippen MR) is 103 cm³/mol. The number of fused-ring (bicyclic) bond motifs is 1. The highest BCUT2D eigenvalue weighted by atomic mass is 35.5. The van der Waals surface area contributed by atoms with E-state index in [1.165, 1.54) is 0 Å². The highest BCUT2D eigenvalue weighted by molar-refractivity contribution is 6.50. The number of nitrogens with zero attached hydrogens (tertiary/aromatic N) is 1. The minimum Gasteiger partial charge on any atom is -0.494 e. The molecule has 2 aromatic carbocycles. The number of hydrogen-bond acceptors (Lipinski definition) is 3. The van der Waals surface area contributed by atoms with E-state index in [4.69, 9.17) is 27.9 Å². The summed E-state index contributed by atoms with van der Waals surface area (Å²) in [6.07, 6.45) is 2.70. The molecule has 1 aromatic heterocycles. The van der Waals surface area contributed by atoms with E-state index in [9.17, 15) is 4.79 Å². The zero-order valence-corrected chi connectivity index (χ0v) is 15.1. The average molecular weight is 375 g/mol. The molecule has 0 spiro atoms. The van der Waals surface area contributed by atoms with Gasteiger partial charge in [-0.15, -0.1) is 0 Å². The van der Waals surface area contributed by atoms with Crippen LogP contribution < -0.4 is 10.3 Å². The third-order valence-corrected chi connectivity index (χ3v) is 4.06. The molecule has 0 fully saturated rings. The molecule has 0 unspecified atom stereocenters. The molecule has 0 saturated heterocycles. The molecule has 3 rings (SSSR count). The van der Waals surface area contributed by atoms with Crippen molar-refractivity contribution in [3.63, 3.8) is 0 Å². The van der Waals surface area contributed by atoms with Crippen LogP contribution in [-0.2, 0) is 0 Å². The Kier molecular flexibility index (Phi) is 5.41. The SMILES string of the molecule is CCCOc1ccc(/C=C(\Cl)c2nc3ccc(Cl)cc3c(=O)[nH]2)cc1. The maximum absolute atomic E-state index is 12.2. The van der Waals surface area contributed by atoms with Gasteiger partial charge in [0.25, 0.3) is 5.56 Å². The fraction of sp³-hybridized carbons (Fsp3) is 0.158. The molecule has 0 amide bonds. The van der Waals surface area contributed by atoms with Crippen LogP contribution >= 0.6 is 23.2 Å². The van der Waals surface area contributed by atoms with Gasteiger partial charge in [0, 0.05) is 5.02 Å². The van der Waals surface area contributed by atoms with Gasteiger partial charge < -0.3 is 9.72 Å². The van der Waals surface area contributed by atoms with Gasteiger partial charge in [0.15, 0.2) is 5.82 Å². The number of aromatic nitrogens is 2. The maximum atomic E-state index is 12.2. The molecule has 4 nitrogen and oxygen atoms in total. The van der Waals surface area contributed by atoms with Crippen LogP contribution in [0, 0.1) is 0 Å². The van der Waals surface area contributed by atoms with Crippen molar-refractivity contribution in [2.75, 3.05) is 6.61 Å². The third-order valence-electron chi connectivity index (χ3n) is 3.54. The number of halogens is 2. The van der Waals surface area contributed by atoms with Gasteiger partial charge >= 0.3 is 0 Å². The molecule has 6 heteroatoms. The molecule has 128 valence electrons. The first kappa shape index (κ1) is 17.5. The number of rotatable bonds is 5. The summed E-state index contributed by atoms with van der Waals surface area (Å²) in [7, 11) is 0. The molecule has 1 heterocycles. The molecule has 0 atom stereocenters. The Hall–Kier alpha value is -2.30. The van der Waals surface area contributed by atoms with Crippen LogP contribution in [0.3, 0.4) is 0 Å². The second-order valence-corrected chi connectivity index (χ2v) is 6.33. The van der Waals surface area contributed by atoms with E-state index in [1.54, 1.807) is 24.3 Å². The lowest BCUT2D eigenvalue weighted by Crippen LogP contribution is -2.10. The zero-order valence-electron chi connectivity index (χ0n) is 13.6. The molecule has 3 aromatic rings. The summed E-state index contributed by atoms with van der Waals surface area (Å²) < 4.78 is 5.55. The molecule has 0 radical (unpaired) electrons. The minimum absolute atomic E-state index is 0.280. The summed E-state index contributed by atoms with van der Waals surface area (Å²) in [5.41, 5.74) is 1.14. The normalized spacial score (nSPS) is 11.7. The van der Waals surface area contributed by atoms with Crippen LogP contribution in [0.5, 0.6) is 5.75 Å². The van der Waals surface area contributed by atoms with Crippen LogP contribution in [0.1, 0.15) is 24.7 Å². The Balaban J connectivity index is 1.90. The number of H-pyrrole nitrogens is 1. The Morgan fingerprint density at radius 2 is 2.00 bits per heavy atom. The summed E-state index contributed by atoms with van der Waals surface area (Å²) in [4.78, 5) is 19.3. The van der Waals surface area contributed by atoms with Crippen molar-refractivity contribution < 1.29 is 4.74 Å². The van der Waals surface area contributed by atoms with Gasteiger partial charge in [0.05, 0.1) is 22.5 Å². The molecule has 0 bridgehead atoms. The number of aromatic amines is 1. The second-order valence-electron chi connectivity index (χ2n) is 5.49. The fourth-order valence-electron chi connectivity index (χ4n) is 2.32. The van der Waals surface area contributed by atoms with E-state index in [2.05, 4.69) is 16.9 Å². The molecular formula is C19H16Cl2N2O2. The molecule has 0 aliphatic rings. The molecule has 0 saturated carbocycles. The van der Waals surface area contributed by atoms with Crippen molar-refractivity contribution in [2.45, 2.75) is 13.3 Å². The van der Waals surface area contributed by atoms with Gasteiger partial charge in [0.2, 0.25) is 0 Å². The monoisotopic (exact) mass is 374 g/mol. The molecular weight excluding hydrogens is 359 g/mol. The lowest BCUT2D eigenvalue weighted by molar-refractivity contribution is 0.317. The topological polar surface area (TPSA) is 55.0 Å². The lowest BCUT2D eigenvalue weighted by Gasteiger charge is -2.05. The van der Waals surface area contributed by atoms with Gasteiger partial charge in [-0.1, -0.05) is 42.3 Å². The van der Waals surface area contributed by atoms with Crippen LogP contribution in [0.25, 0.3) is 22.0 Å². The average Bonchev–Trinajstić information content (AvgIpc) is 2.61. The van der Waals surface area contributed by atoms with E-state index in [-0.39, 0.29) is 5.56 Å². The van der Waals surface area contributed by atoms with E-state index >= 15 is 0 Å². The third kappa shape index (κ3) is 4.21.